The molecule has 0 saturated heterocycles. The van der Waals surface area contributed by atoms with Gasteiger partial charge in [0, 0.05) is 29.7 Å². The van der Waals surface area contributed by atoms with Crippen LogP contribution in [0.15, 0.2) is 23.2 Å². The second-order valence-electron chi connectivity index (χ2n) is 4.59. The van der Waals surface area contributed by atoms with E-state index in [0.717, 1.165) is 9.88 Å². The number of benzene rings is 1. The lowest BCUT2D eigenvalue weighted by Crippen LogP contribution is -2.23. The topological polar surface area (TPSA) is 85.1 Å². The molecule has 0 aliphatic carbocycles. The van der Waals surface area contributed by atoms with Crippen LogP contribution in [-0.2, 0) is 23.1 Å². The van der Waals surface area contributed by atoms with Gasteiger partial charge >= 0.3 is 0 Å². The van der Waals surface area contributed by atoms with E-state index in [1.54, 1.807) is 6.20 Å². The summed E-state index contributed by atoms with van der Waals surface area (Å²) in [7, 11) is -3.71. The van der Waals surface area contributed by atoms with Gasteiger partial charge in [0.15, 0.2) is 0 Å². The molecule has 0 atom stereocenters. The number of rotatable bonds is 5. The van der Waals surface area contributed by atoms with Crippen molar-refractivity contribution in [1.29, 1.82) is 0 Å². The van der Waals surface area contributed by atoms with E-state index < -0.39 is 15.8 Å². The molecule has 21 heavy (non-hydrogen) atoms. The van der Waals surface area contributed by atoms with E-state index >= 15 is 0 Å². The van der Waals surface area contributed by atoms with Gasteiger partial charge in [0.05, 0.1) is 9.90 Å². The number of halogens is 1. The molecule has 0 aliphatic rings. The third kappa shape index (κ3) is 3.65. The molecule has 1 heterocycles. The summed E-state index contributed by atoms with van der Waals surface area (Å²) in [5.74, 6) is -0.463. The first-order chi connectivity index (χ1) is 9.83. The van der Waals surface area contributed by atoms with Crippen LogP contribution in [0.25, 0.3) is 0 Å². The summed E-state index contributed by atoms with van der Waals surface area (Å²) in [4.78, 5) is 4.89. The molecule has 2 aromatic rings. The predicted octanol–water partition coefficient (Wildman–Crippen LogP) is 1.84. The number of aryl methyl sites for hydroxylation is 2. The van der Waals surface area contributed by atoms with Crippen LogP contribution in [0, 0.1) is 19.7 Å². The zero-order chi connectivity index (χ0) is 15.6. The van der Waals surface area contributed by atoms with Gasteiger partial charge in [-0.1, -0.05) is 0 Å². The number of aromatic nitrogens is 1. The third-order valence-electron chi connectivity index (χ3n) is 2.94. The molecular weight excluding hydrogens is 313 g/mol. The quantitative estimate of drug-likeness (QED) is 0.876. The Bertz CT molecular complexity index is 757. The van der Waals surface area contributed by atoms with Crippen molar-refractivity contribution in [3.63, 3.8) is 0 Å². The Kier molecular flexibility index (Phi) is 4.72. The van der Waals surface area contributed by atoms with Crippen LogP contribution in [0.4, 0.5) is 4.39 Å². The lowest BCUT2D eigenvalue weighted by molar-refractivity contribution is 0.578. The van der Waals surface area contributed by atoms with Crippen molar-refractivity contribution in [1.82, 2.24) is 9.71 Å². The first-order valence-electron chi connectivity index (χ1n) is 6.23. The molecule has 114 valence electrons. The number of sulfonamides is 1. The first kappa shape index (κ1) is 16.0. The van der Waals surface area contributed by atoms with Crippen LogP contribution in [0.3, 0.4) is 0 Å². The largest absolute Gasteiger partial charge is 0.326 e. The van der Waals surface area contributed by atoms with Gasteiger partial charge in [-0.15, -0.1) is 11.3 Å². The number of thiazole rings is 1. The van der Waals surface area contributed by atoms with Gasteiger partial charge in [-0.25, -0.2) is 22.5 Å². The van der Waals surface area contributed by atoms with E-state index in [1.165, 1.54) is 30.4 Å². The second-order valence-corrected chi connectivity index (χ2v) is 7.67. The maximum Gasteiger partial charge on any atom is 0.240 e. The lowest BCUT2D eigenvalue weighted by atomic mass is 10.1. The number of hydrogen-bond donors (Lipinski definition) is 2. The maximum absolute atomic E-state index is 13.7. The smallest absolute Gasteiger partial charge is 0.240 e. The summed E-state index contributed by atoms with van der Waals surface area (Å²) in [6.07, 6.45) is 1.63. The van der Waals surface area contributed by atoms with Gasteiger partial charge in [0.1, 0.15) is 5.82 Å². The Balaban J connectivity index is 2.25. The minimum atomic E-state index is -3.71. The van der Waals surface area contributed by atoms with E-state index in [0.29, 0.717) is 0 Å². The summed E-state index contributed by atoms with van der Waals surface area (Å²) in [5, 5.41) is 0.868. The number of nitrogens with zero attached hydrogens (tertiary/aromatic N) is 1. The van der Waals surface area contributed by atoms with Crippen molar-refractivity contribution in [2.24, 2.45) is 5.73 Å². The van der Waals surface area contributed by atoms with Gasteiger partial charge in [-0.05, 0) is 31.5 Å². The van der Waals surface area contributed by atoms with Crippen LogP contribution in [-0.4, -0.2) is 13.4 Å². The summed E-state index contributed by atoms with van der Waals surface area (Å²) in [6, 6.07) is 2.57. The highest BCUT2D eigenvalue weighted by Crippen LogP contribution is 2.20. The fourth-order valence-corrected chi connectivity index (χ4v) is 3.81. The molecule has 0 amide bonds. The molecule has 0 fully saturated rings. The van der Waals surface area contributed by atoms with E-state index in [2.05, 4.69) is 9.71 Å². The Labute approximate surface area is 127 Å². The maximum atomic E-state index is 13.7. The van der Waals surface area contributed by atoms with Crippen molar-refractivity contribution >= 4 is 21.4 Å². The Hall–Kier alpha value is -1.35. The van der Waals surface area contributed by atoms with E-state index in [-0.39, 0.29) is 29.1 Å². The summed E-state index contributed by atoms with van der Waals surface area (Å²) in [5.41, 5.74) is 5.88. The number of hydrogen-bond acceptors (Lipinski definition) is 5. The minimum Gasteiger partial charge on any atom is -0.326 e. The molecular formula is C13H16FN3O2S2. The van der Waals surface area contributed by atoms with Gasteiger partial charge < -0.3 is 5.73 Å². The number of nitrogens with two attached hydrogens (primary N) is 1. The molecule has 0 aliphatic heterocycles. The van der Waals surface area contributed by atoms with Crippen LogP contribution >= 0.6 is 11.3 Å². The highest BCUT2D eigenvalue weighted by Gasteiger charge is 2.18. The van der Waals surface area contributed by atoms with Crippen molar-refractivity contribution < 1.29 is 12.8 Å². The molecule has 1 aromatic heterocycles. The fraction of sp³-hybridized carbons (Fsp3) is 0.308. The highest BCUT2D eigenvalue weighted by atomic mass is 32.2. The summed E-state index contributed by atoms with van der Waals surface area (Å²) >= 11 is 1.42. The molecule has 0 saturated carbocycles. The fourth-order valence-electron chi connectivity index (χ4n) is 1.85. The second kappa shape index (κ2) is 6.18. The summed E-state index contributed by atoms with van der Waals surface area (Å²) in [6.45, 7) is 3.46. The molecule has 0 spiro atoms. The zero-order valence-corrected chi connectivity index (χ0v) is 13.3. The first-order valence-corrected chi connectivity index (χ1v) is 8.53. The minimum absolute atomic E-state index is 0.0167. The monoisotopic (exact) mass is 329 g/mol. The zero-order valence-electron chi connectivity index (χ0n) is 11.7. The van der Waals surface area contributed by atoms with Crippen molar-refractivity contribution in [3.05, 3.63) is 45.2 Å². The summed E-state index contributed by atoms with van der Waals surface area (Å²) < 4.78 is 40.7. The third-order valence-corrected chi connectivity index (χ3v) is 5.23. The van der Waals surface area contributed by atoms with Gasteiger partial charge in [0.25, 0.3) is 0 Å². The molecule has 2 rings (SSSR count). The van der Waals surface area contributed by atoms with E-state index in [9.17, 15) is 12.8 Å². The predicted molar refractivity (Wildman–Crippen MR) is 79.9 cm³/mol. The molecule has 0 bridgehead atoms. The Morgan fingerprint density at radius 3 is 2.67 bits per heavy atom. The van der Waals surface area contributed by atoms with Crippen LogP contribution in [0.5, 0.6) is 0 Å². The molecule has 5 nitrogen and oxygen atoms in total. The van der Waals surface area contributed by atoms with Gasteiger partial charge in [0.2, 0.25) is 10.0 Å². The average molecular weight is 329 g/mol. The lowest BCUT2D eigenvalue weighted by Gasteiger charge is -2.10. The molecule has 3 N–H and O–H groups in total. The standard InChI is InChI=1S/C13H16FN3O2S2/c1-8-3-12(4-10(5-15)13(8)14)21(18,19)17-7-11-6-16-9(2)20-11/h3-4,6,17H,5,7,15H2,1-2H3. The van der Waals surface area contributed by atoms with Crippen LogP contribution in [0.1, 0.15) is 21.0 Å². The molecule has 0 unspecified atom stereocenters. The van der Waals surface area contributed by atoms with Gasteiger partial charge in [-0.2, -0.15) is 0 Å². The highest BCUT2D eigenvalue weighted by molar-refractivity contribution is 7.89. The normalized spacial score (nSPS) is 11.8. The Morgan fingerprint density at radius 1 is 1.38 bits per heavy atom. The SMILES string of the molecule is Cc1ncc(CNS(=O)(=O)c2cc(C)c(F)c(CN)c2)s1. The van der Waals surface area contributed by atoms with E-state index in [1.807, 2.05) is 6.92 Å². The molecule has 0 radical (unpaired) electrons. The average Bonchev–Trinajstić information content (AvgIpc) is 2.85. The van der Waals surface area contributed by atoms with Crippen LogP contribution < -0.4 is 10.5 Å². The van der Waals surface area contributed by atoms with E-state index in [4.69, 9.17) is 5.73 Å². The Morgan fingerprint density at radius 2 is 2.10 bits per heavy atom. The van der Waals surface area contributed by atoms with Crippen molar-refractivity contribution in [2.45, 2.75) is 31.8 Å². The van der Waals surface area contributed by atoms with Gasteiger partial charge in [-0.3, -0.25) is 0 Å². The number of nitrogens with one attached hydrogen (secondary N) is 1. The van der Waals surface area contributed by atoms with Crippen LogP contribution in [0.2, 0.25) is 0 Å². The van der Waals surface area contributed by atoms with Crippen molar-refractivity contribution in [2.75, 3.05) is 0 Å². The molecule has 8 heteroatoms. The molecule has 1 aromatic carbocycles. The van der Waals surface area contributed by atoms with Crippen molar-refractivity contribution in [3.8, 4) is 0 Å².